The molecule has 1 N–H and O–H groups in total. The average Bonchev–Trinajstić information content (AvgIpc) is 2.60. The molecular formula is C14H25N3O8P2. The van der Waals surface area contributed by atoms with Crippen molar-refractivity contribution in [1.29, 1.82) is 0 Å². The quantitative estimate of drug-likeness (QED) is 0.277. The maximum absolute atomic E-state index is 13.4. The fourth-order valence-electron chi connectivity index (χ4n) is 2.19. The molecule has 1 aromatic heterocycles. The molecule has 0 aliphatic carbocycles. The molecule has 1 rings (SSSR count). The van der Waals surface area contributed by atoms with E-state index < -0.39 is 31.3 Å². The summed E-state index contributed by atoms with van der Waals surface area (Å²) in [5.74, 6) is -0.258. The third-order valence-corrected chi connectivity index (χ3v) is 8.71. The predicted molar refractivity (Wildman–Crippen MR) is 100 cm³/mol. The van der Waals surface area contributed by atoms with Crippen molar-refractivity contribution in [3.63, 3.8) is 0 Å². The second kappa shape index (κ2) is 10.8. The molecular weight excluding hydrogens is 400 g/mol. The monoisotopic (exact) mass is 425 g/mol. The lowest BCUT2D eigenvalue weighted by Crippen LogP contribution is -2.26. The molecule has 13 heteroatoms. The number of rotatable bonds is 13. The summed E-state index contributed by atoms with van der Waals surface area (Å²) >= 11 is 0. The summed E-state index contributed by atoms with van der Waals surface area (Å²) in [5.41, 5.74) is -2.04. The van der Waals surface area contributed by atoms with Crippen molar-refractivity contribution < 1.29 is 32.1 Å². The first-order valence-corrected chi connectivity index (χ1v) is 11.6. The lowest BCUT2D eigenvalue weighted by Gasteiger charge is -2.31. The summed E-state index contributed by atoms with van der Waals surface area (Å²) in [5, 5.41) is 13.8. The highest BCUT2D eigenvalue weighted by Crippen LogP contribution is 2.70. The van der Waals surface area contributed by atoms with Gasteiger partial charge in [0.25, 0.3) is 0 Å². The van der Waals surface area contributed by atoms with E-state index in [2.05, 4.69) is 10.3 Å². The van der Waals surface area contributed by atoms with E-state index >= 15 is 0 Å². The smallest absolute Gasteiger partial charge is 0.341 e. The molecule has 0 radical (unpaired) electrons. The van der Waals surface area contributed by atoms with Crippen molar-refractivity contribution in [2.24, 2.45) is 0 Å². The first kappa shape index (κ1) is 23.7. The van der Waals surface area contributed by atoms with Gasteiger partial charge in [0.05, 0.1) is 31.4 Å². The van der Waals surface area contributed by atoms with Crippen LogP contribution in [0.25, 0.3) is 0 Å². The summed E-state index contributed by atoms with van der Waals surface area (Å²) in [4.78, 5) is 14.5. The van der Waals surface area contributed by atoms with Gasteiger partial charge in [-0.15, -0.1) is 0 Å². The summed E-state index contributed by atoms with van der Waals surface area (Å²) in [7, 11) is -8.23. The van der Waals surface area contributed by atoms with Gasteiger partial charge >= 0.3 is 20.9 Å². The second-order valence-electron chi connectivity index (χ2n) is 4.90. The van der Waals surface area contributed by atoms with Crippen molar-refractivity contribution in [2.75, 3.05) is 31.7 Å². The highest BCUT2D eigenvalue weighted by molar-refractivity contribution is 7.72. The molecule has 0 saturated carbocycles. The van der Waals surface area contributed by atoms with Crippen LogP contribution in [-0.2, 0) is 27.2 Å². The number of hydrogen-bond donors (Lipinski definition) is 1. The lowest BCUT2D eigenvalue weighted by molar-refractivity contribution is -0.384. The standard InChI is InChI=1S/C14H25N3O8P2/c1-5-22-26(20,23-6-2)14(27(21,24-7-3)25-8-4)16-13-12(17(18)19)10-9-11-15-13/h9-11,14H,5-8H2,1-4H3,(H,15,16). The van der Waals surface area contributed by atoms with Crippen LogP contribution in [0.1, 0.15) is 27.7 Å². The van der Waals surface area contributed by atoms with Crippen molar-refractivity contribution in [2.45, 2.75) is 33.2 Å². The molecule has 0 aromatic carbocycles. The topological polar surface area (TPSA) is 139 Å². The normalized spacial score (nSPS) is 12.3. The minimum atomic E-state index is -4.11. The van der Waals surface area contributed by atoms with E-state index in [1.165, 1.54) is 18.3 Å². The Kier molecular flexibility index (Phi) is 9.52. The molecule has 0 aliphatic heterocycles. The van der Waals surface area contributed by atoms with Crippen LogP contribution >= 0.6 is 15.2 Å². The highest BCUT2D eigenvalue weighted by atomic mass is 31.2. The van der Waals surface area contributed by atoms with Gasteiger partial charge in [-0.2, -0.15) is 0 Å². The second-order valence-corrected chi connectivity index (χ2v) is 9.53. The number of nitrogens with zero attached hydrogens (tertiary/aromatic N) is 2. The Morgan fingerprint density at radius 2 is 1.48 bits per heavy atom. The Morgan fingerprint density at radius 1 is 1.04 bits per heavy atom. The van der Waals surface area contributed by atoms with Crippen LogP contribution in [0.3, 0.4) is 0 Å². The summed E-state index contributed by atoms with van der Waals surface area (Å²) in [6.07, 6.45) is 1.30. The maximum Gasteiger partial charge on any atom is 0.365 e. The SMILES string of the molecule is CCOP(=O)(OCC)C(Nc1ncccc1[N+](=O)[O-])P(=O)(OCC)OCC. The molecule has 154 valence electrons. The summed E-state index contributed by atoms with van der Waals surface area (Å²) in [6, 6.07) is 2.57. The Balaban J connectivity index is 3.52. The van der Waals surface area contributed by atoms with Gasteiger partial charge < -0.3 is 23.4 Å². The molecule has 0 saturated heterocycles. The zero-order chi connectivity index (χ0) is 20.5. The van der Waals surface area contributed by atoms with Gasteiger partial charge in [0.1, 0.15) is 0 Å². The Bertz CT molecular complexity index is 667. The van der Waals surface area contributed by atoms with Crippen LogP contribution < -0.4 is 5.32 Å². The molecule has 27 heavy (non-hydrogen) atoms. The van der Waals surface area contributed by atoms with Crippen LogP contribution in [0.4, 0.5) is 11.5 Å². The van der Waals surface area contributed by atoms with Gasteiger partial charge in [-0.25, -0.2) is 4.98 Å². The van der Waals surface area contributed by atoms with Crippen molar-refractivity contribution in [1.82, 2.24) is 4.98 Å². The minimum Gasteiger partial charge on any atom is -0.341 e. The van der Waals surface area contributed by atoms with E-state index in [4.69, 9.17) is 18.1 Å². The van der Waals surface area contributed by atoms with E-state index in [-0.39, 0.29) is 32.2 Å². The van der Waals surface area contributed by atoms with Crippen LogP contribution in [0, 0.1) is 10.1 Å². The van der Waals surface area contributed by atoms with Crippen LogP contribution in [0.5, 0.6) is 0 Å². The number of aromatic nitrogens is 1. The largest absolute Gasteiger partial charge is 0.365 e. The van der Waals surface area contributed by atoms with Gasteiger partial charge in [0, 0.05) is 12.3 Å². The molecule has 1 heterocycles. The number of pyridine rings is 1. The van der Waals surface area contributed by atoms with Gasteiger partial charge in [0.15, 0.2) is 0 Å². The zero-order valence-corrected chi connectivity index (χ0v) is 17.5. The Labute approximate surface area is 158 Å². The molecule has 0 spiro atoms. The molecule has 11 nitrogen and oxygen atoms in total. The lowest BCUT2D eigenvalue weighted by atomic mass is 10.4. The fraction of sp³-hybridized carbons (Fsp3) is 0.643. The molecule has 0 bridgehead atoms. The maximum atomic E-state index is 13.4. The summed E-state index contributed by atoms with van der Waals surface area (Å²) in [6.45, 7) is 6.26. The number of hydrogen-bond acceptors (Lipinski definition) is 10. The third-order valence-electron chi connectivity index (χ3n) is 3.08. The van der Waals surface area contributed by atoms with Crippen LogP contribution in [0.2, 0.25) is 0 Å². The van der Waals surface area contributed by atoms with Gasteiger partial charge in [-0.1, -0.05) is 0 Å². The third kappa shape index (κ3) is 6.07. The van der Waals surface area contributed by atoms with Crippen molar-refractivity contribution in [3.8, 4) is 0 Å². The molecule has 0 unspecified atom stereocenters. The van der Waals surface area contributed by atoms with Gasteiger partial charge in [0.2, 0.25) is 11.3 Å². The zero-order valence-electron chi connectivity index (χ0n) is 15.7. The predicted octanol–water partition coefficient (Wildman–Crippen LogP) is 4.22. The number of nitrogens with one attached hydrogen (secondary N) is 1. The molecule has 0 atom stereocenters. The molecule has 0 amide bonds. The number of anilines is 1. The molecule has 0 fully saturated rings. The van der Waals surface area contributed by atoms with E-state index in [9.17, 15) is 19.2 Å². The molecule has 1 aromatic rings. The highest BCUT2D eigenvalue weighted by Gasteiger charge is 2.52. The number of nitro groups is 1. The van der Waals surface area contributed by atoms with E-state index in [0.717, 1.165) is 0 Å². The Morgan fingerprint density at radius 3 is 1.85 bits per heavy atom. The van der Waals surface area contributed by atoms with Crippen LogP contribution in [-0.4, -0.2) is 41.9 Å². The van der Waals surface area contributed by atoms with Gasteiger partial charge in [-0.05, 0) is 33.8 Å². The minimum absolute atomic E-state index is 0.0159. The van der Waals surface area contributed by atoms with Crippen molar-refractivity contribution in [3.05, 3.63) is 28.4 Å². The van der Waals surface area contributed by atoms with Gasteiger partial charge in [-0.3, -0.25) is 19.2 Å². The average molecular weight is 425 g/mol. The van der Waals surface area contributed by atoms with E-state index in [1.54, 1.807) is 27.7 Å². The summed E-state index contributed by atoms with van der Waals surface area (Å²) < 4.78 is 47.9. The fourth-order valence-corrected chi connectivity index (χ4v) is 7.09. The van der Waals surface area contributed by atoms with Crippen molar-refractivity contribution >= 4 is 26.7 Å². The first-order chi connectivity index (χ1) is 12.8. The first-order valence-electron chi connectivity index (χ1n) is 8.41. The van der Waals surface area contributed by atoms with Crippen LogP contribution in [0.15, 0.2) is 18.3 Å². The van der Waals surface area contributed by atoms with E-state index in [1.807, 2.05) is 0 Å². The van der Waals surface area contributed by atoms with E-state index in [0.29, 0.717) is 0 Å². The Hall–Kier alpha value is -1.35. The molecule has 0 aliphatic rings.